The third kappa shape index (κ3) is 2.26. The van der Waals surface area contributed by atoms with Crippen molar-refractivity contribution in [2.45, 2.75) is 6.42 Å². The second-order valence-corrected chi connectivity index (χ2v) is 3.93. The number of benzene rings is 1. The molecule has 0 aliphatic heterocycles. The number of nitrogens with zero attached hydrogens (tertiary/aromatic N) is 2. The zero-order chi connectivity index (χ0) is 11.4. The van der Waals surface area contributed by atoms with E-state index in [0.717, 1.165) is 29.5 Å². The Morgan fingerprint density at radius 1 is 1.38 bits per heavy atom. The summed E-state index contributed by atoms with van der Waals surface area (Å²) < 4.78 is 2.03. The van der Waals surface area contributed by atoms with E-state index < -0.39 is 0 Å². The molecule has 0 atom stereocenters. The second kappa shape index (κ2) is 5.14. The summed E-state index contributed by atoms with van der Waals surface area (Å²) in [6.07, 6.45) is 4.62. The molecule has 1 aromatic heterocycles. The van der Waals surface area contributed by atoms with E-state index in [2.05, 4.69) is 10.3 Å². The van der Waals surface area contributed by atoms with E-state index in [1.165, 1.54) is 0 Å². The van der Waals surface area contributed by atoms with Gasteiger partial charge in [0.15, 0.2) is 0 Å². The van der Waals surface area contributed by atoms with Crippen molar-refractivity contribution in [2.24, 2.45) is 0 Å². The molecule has 2 aromatic rings. The summed E-state index contributed by atoms with van der Waals surface area (Å²) in [5.74, 6) is 1.02. The van der Waals surface area contributed by atoms with E-state index in [1.54, 1.807) is 6.20 Å². The van der Waals surface area contributed by atoms with Crippen LogP contribution >= 0.6 is 11.6 Å². The third-order valence-corrected chi connectivity index (χ3v) is 2.75. The van der Waals surface area contributed by atoms with Crippen molar-refractivity contribution in [3.8, 4) is 5.69 Å². The highest BCUT2D eigenvalue weighted by Crippen LogP contribution is 2.20. The third-order valence-electron chi connectivity index (χ3n) is 2.43. The Bertz CT molecular complexity index is 465. The molecule has 0 saturated carbocycles. The lowest BCUT2D eigenvalue weighted by Gasteiger charge is -2.09. The Balaban J connectivity index is 2.33. The lowest BCUT2D eigenvalue weighted by atomic mass is 10.3. The summed E-state index contributed by atoms with van der Waals surface area (Å²) in [5.41, 5.74) is 0.979. The zero-order valence-electron chi connectivity index (χ0n) is 9.15. The molecular formula is C12H14ClN3. The quantitative estimate of drug-likeness (QED) is 0.881. The van der Waals surface area contributed by atoms with Crippen LogP contribution in [0.5, 0.6) is 0 Å². The van der Waals surface area contributed by atoms with Crippen molar-refractivity contribution < 1.29 is 0 Å². The average molecular weight is 236 g/mol. The lowest BCUT2D eigenvalue weighted by Crippen LogP contribution is -2.13. The van der Waals surface area contributed by atoms with Crippen LogP contribution in [0.4, 0.5) is 0 Å². The topological polar surface area (TPSA) is 29.9 Å². The first-order valence-electron chi connectivity index (χ1n) is 5.24. The van der Waals surface area contributed by atoms with Crippen LogP contribution in [-0.2, 0) is 6.42 Å². The van der Waals surface area contributed by atoms with Gasteiger partial charge in [0.25, 0.3) is 0 Å². The lowest BCUT2D eigenvalue weighted by molar-refractivity contribution is 0.744. The van der Waals surface area contributed by atoms with Crippen LogP contribution in [0.25, 0.3) is 5.69 Å². The van der Waals surface area contributed by atoms with Crippen molar-refractivity contribution in [3.05, 3.63) is 47.5 Å². The van der Waals surface area contributed by atoms with Crippen molar-refractivity contribution >= 4 is 11.6 Å². The molecule has 0 saturated heterocycles. The minimum atomic E-state index is 0.742. The molecule has 0 bridgehead atoms. The van der Waals surface area contributed by atoms with E-state index in [1.807, 2.05) is 42.1 Å². The van der Waals surface area contributed by atoms with Crippen LogP contribution in [0.2, 0.25) is 5.02 Å². The summed E-state index contributed by atoms with van der Waals surface area (Å²) >= 11 is 6.16. The van der Waals surface area contributed by atoms with Gasteiger partial charge in [0.05, 0.1) is 10.7 Å². The highest BCUT2D eigenvalue weighted by Gasteiger charge is 2.06. The van der Waals surface area contributed by atoms with Gasteiger partial charge in [-0.15, -0.1) is 0 Å². The van der Waals surface area contributed by atoms with E-state index >= 15 is 0 Å². The van der Waals surface area contributed by atoms with Gasteiger partial charge in [0.2, 0.25) is 0 Å². The van der Waals surface area contributed by atoms with Gasteiger partial charge in [-0.3, -0.25) is 0 Å². The Morgan fingerprint density at radius 2 is 2.19 bits per heavy atom. The first kappa shape index (κ1) is 11.2. The zero-order valence-corrected chi connectivity index (χ0v) is 9.91. The largest absolute Gasteiger partial charge is 0.319 e. The smallest absolute Gasteiger partial charge is 0.114 e. The van der Waals surface area contributed by atoms with Crippen LogP contribution < -0.4 is 5.32 Å². The molecule has 0 amide bonds. The van der Waals surface area contributed by atoms with E-state index in [4.69, 9.17) is 11.6 Å². The molecule has 1 heterocycles. The van der Waals surface area contributed by atoms with Crippen LogP contribution in [-0.4, -0.2) is 23.1 Å². The summed E-state index contributed by atoms with van der Waals surface area (Å²) in [7, 11) is 1.93. The Hall–Kier alpha value is -1.32. The minimum Gasteiger partial charge on any atom is -0.319 e. The van der Waals surface area contributed by atoms with Crippen molar-refractivity contribution in [1.82, 2.24) is 14.9 Å². The van der Waals surface area contributed by atoms with Gasteiger partial charge in [0, 0.05) is 25.4 Å². The molecule has 16 heavy (non-hydrogen) atoms. The fourth-order valence-electron chi connectivity index (χ4n) is 1.62. The number of likely N-dealkylation sites (N-methyl/N-ethyl adjacent to an activating group) is 1. The van der Waals surface area contributed by atoms with Gasteiger partial charge in [-0.25, -0.2) is 4.98 Å². The molecule has 84 valence electrons. The highest BCUT2D eigenvalue weighted by molar-refractivity contribution is 6.32. The fraction of sp³-hybridized carbons (Fsp3) is 0.250. The molecule has 0 aliphatic rings. The normalized spacial score (nSPS) is 10.6. The van der Waals surface area contributed by atoms with Crippen LogP contribution in [0.1, 0.15) is 5.82 Å². The second-order valence-electron chi connectivity index (χ2n) is 3.52. The predicted octanol–water partition coefficient (Wildman–Crippen LogP) is 2.29. The maximum Gasteiger partial charge on any atom is 0.114 e. The molecule has 0 radical (unpaired) electrons. The molecule has 2 rings (SSSR count). The molecule has 0 fully saturated rings. The number of rotatable bonds is 4. The molecule has 1 N–H and O–H groups in total. The fourth-order valence-corrected chi connectivity index (χ4v) is 1.85. The number of aromatic nitrogens is 2. The summed E-state index contributed by atoms with van der Waals surface area (Å²) in [4.78, 5) is 4.34. The predicted molar refractivity (Wildman–Crippen MR) is 66.2 cm³/mol. The first-order chi connectivity index (χ1) is 7.83. The minimum absolute atomic E-state index is 0.742. The summed E-state index contributed by atoms with van der Waals surface area (Å²) in [5, 5.41) is 3.85. The Labute approximate surface area is 100 Å². The molecule has 0 aliphatic carbocycles. The summed E-state index contributed by atoms with van der Waals surface area (Å²) in [6.45, 7) is 0.904. The molecule has 0 spiro atoms. The van der Waals surface area contributed by atoms with E-state index in [9.17, 15) is 0 Å². The number of halogens is 1. The van der Waals surface area contributed by atoms with Crippen molar-refractivity contribution in [1.29, 1.82) is 0 Å². The number of nitrogens with one attached hydrogen (secondary N) is 1. The van der Waals surface area contributed by atoms with Crippen molar-refractivity contribution in [2.75, 3.05) is 13.6 Å². The van der Waals surface area contributed by atoms with Crippen molar-refractivity contribution in [3.63, 3.8) is 0 Å². The van der Waals surface area contributed by atoms with Crippen LogP contribution in [0.3, 0.4) is 0 Å². The van der Waals surface area contributed by atoms with E-state index in [0.29, 0.717) is 0 Å². The number of imidazole rings is 1. The van der Waals surface area contributed by atoms with Gasteiger partial charge in [-0.05, 0) is 19.2 Å². The SMILES string of the molecule is CNCCc1nccn1-c1ccccc1Cl. The number of para-hydroxylation sites is 1. The first-order valence-corrected chi connectivity index (χ1v) is 5.62. The van der Waals surface area contributed by atoms with Crippen LogP contribution in [0.15, 0.2) is 36.7 Å². The molecular weight excluding hydrogens is 222 g/mol. The molecule has 3 nitrogen and oxygen atoms in total. The Kier molecular flexibility index (Phi) is 3.59. The van der Waals surface area contributed by atoms with Gasteiger partial charge < -0.3 is 9.88 Å². The summed E-state index contributed by atoms with van der Waals surface area (Å²) in [6, 6.07) is 7.78. The monoisotopic (exact) mass is 235 g/mol. The number of hydrogen-bond acceptors (Lipinski definition) is 2. The molecule has 1 aromatic carbocycles. The highest BCUT2D eigenvalue weighted by atomic mass is 35.5. The maximum atomic E-state index is 6.16. The standard InChI is InChI=1S/C12H14ClN3/c1-14-7-6-12-15-8-9-16(12)11-5-3-2-4-10(11)13/h2-5,8-9,14H,6-7H2,1H3. The van der Waals surface area contributed by atoms with Gasteiger partial charge >= 0.3 is 0 Å². The maximum absolute atomic E-state index is 6.16. The average Bonchev–Trinajstić information content (AvgIpc) is 2.75. The molecule has 0 unspecified atom stereocenters. The number of hydrogen-bond donors (Lipinski definition) is 1. The van der Waals surface area contributed by atoms with Gasteiger partial charge in [-0.2, -0.15) is 0 Å². The van der Waals surface area contributed by atoms with Crippen LogP contribution in [0, 0.1) is 0 Å². The van der Waals surface area contributed by atoms with Gasteiger partial charge in [0.1, 0.15) is 5.82 Å². The Morgan fingerprint density at radius 3 is 2.94 bits per heavy atom. The van der Waals surface area contributed by atoms with Gasteiger partial charge in [-0.1, -0.05) is 23.7 Å². The molecule has 4 heteroatoms. The van der Waals surface area contributed by atoms with E-state index in [-0.39, 0.29) is 0 Å².